The molecule has 1 saturated carbocycles. The highest BCUT2D eigenvalue weighted by Gasteiger charge is 2.44. The SMILES string of the molecule is CC=CC(=O)C1[C@H](C)CC[C@@H](C)C1(C)C. The van der Waals surface area contributed by atoms with Gasteiger partial charge in [0.05, 0.1) is 0 Å². The zero-order chi connectivity index (χ0) is 11.6. The van der Waals surface area contributed by atoms with Crippen molar-refractivity contribution in [2.75, 3.05) is 0 Å². The number of carbonyl (C=O) groups excluding carboxylic acids is 1. The Morgan fingerprint density at radius 1 is 1.27 bits per heavy atom. The van der Waals surface area contributed by atoms with E-state index in [9.17, 15) is 4.79 Å². The molecule has 0 aromatic heterocycles. The third-order valence-corrected chi connectivity index (χ3v) is 4.33. The van der Waals surface area contributed by atoms with Crippen molar-refractivity contribution in [1.82, 2.24) is 0 Å². The van der Waals surface area contributed by atoms with Gasteiger partial charge in [-0.05, 0) is 43.1 Å². The molecular weight excluding hydrogens is 184 g/mol. The van der Waals surface area contributed by atoms with E-state index in [-0.39, 0.29) is 11.3 Å². The first-order valence-electron chi connectivity index (χ1n) is 6.07. The van der Waals surface area contributed by atoms with Gasteiger partial charge < -0.3 is 0 Å². The molecule has 1 heteroatoms. The van der Waals surface area contributed by atoms with Gasteiger partial charge in [-0.15, -0.1) is 0 Å². The van der Waals surface area contributed by atoms with E-state index in [4.69, 9.17) is 0 Å². The molecule has 0 bridgehead atoms. The van der Waals surface area contributed by atoms with E-state index < -0.39 is 0 Å². The van der Waals surface area contributed by atoms with Gasteiger partial charge in [-0.3, -0.25) is 4.79 Å². The quantitative estimate of drug-likeness (QED) is 0.630. The summed E-state index contributed by atoms with van der Waals surface area (Å²) in [6.45, 7) is 10.9. The lowest BCUT2D eigenvalue weighted by Gasteiger charge is -2.46. The largest absolute Gasteiger partial charge is 0.295 e. The van der Waals surface area contributed by atoms with Gasteiger partial charge >= 0.3 is 0 Å². The van der Waals surface area contributed by atoms with Crippen molar-refractivity contribution >= 4 is 5.78 Å². The highest BCUT2D eigenvalue weighted by Crippen LogP contribution is 2.48. The minimum absolute atomic E-state index is 0.147. The van der Waals surface area contributed by atoms with Gasteiger partial charge in [0.15, 0.2) is 5.78 Å². The lowest BCUT2D eigenvalue weighted by atomic mass is 9.58. The van der Waals surface area contributed by atoms with E-state index in [2.05, 4.69) is 27.7 Å². The van der Waals surface area contributed by atoms with Crippen LogP contribution in [0.15, 0.2) is 12.2 Å². The fourth-order valence-corrected chi connectivity index (χ4v) is 3.01. The average molecular weight is 208 g/mol. The average Bonchev–Trinajstić information content (AvgIpc) is 2.12. The van der Waals surface area contributed by atoms with Gasteiger partial charge in [-0.25, -0.2) is 0 Å². The Morgan fingerprint density at radius 3 is 2.40 bits per heavy atom. The van der Waals surface area contributed by atoms with Gasteiger partial charge in [-0.2, -0.15) is 0 Å². The fourth-order valence-electron chi connectivity index (χ4n) is 3.01. The molecule has 0 amide bonds. The van der Waals surface area contributed by atoms with Gasteiger partial charge in [0.2, 0.25) is 0 Å². The topological polar surface area (TPSA) is 17.1 Å². The summed E-state index contributed by atoms with van der Waals surface area (Å²) < 4.78 is 0. The second-order valence-electron chi connectivity index (χ2n) is 5.66. The fraction of sp³-hybridized carbons (Fsp3) is 0.786. The molecular formula is C14H24O. The number of hydrogen-bond acceptors (Lipinski definition) is 1. The van der Waals surface area contributed by atoms with E-state index in [1.807, 2.05) is 13.0 Å². The van der Waals surface area contributed by atoms with Crippen molar-refractivity contribution in [2.24, 2.45) is 23.2 Å². The molecule has 1 unspecified atom stereocenters. The Bertz CT molecular complexity index is 263. The van der Waals surface area contributed by atoms with Crippen LogP contribution in [0.25, 0.3) is 0 Å². The molecule has 0 spiro atoms. The first kappa shape index (κ1) is 12.5. The maximum Gasteiger partial charge on any atom is 0.159 e. The van der Waals surface area contributed by atoms with E-state index in [0.717, 1.165) is 0 Å². The van der Waals surface area contributed by atoms with Crippen LogP contribution in [0.5, 0.6) is 0 Å². The molecule has 0 radical (unpaired) electrons. The number of ketones is 1. The molecule has 0 aromatic rings. The molecule has 0 saturated heterocycles. The summed E-state index contributed by atoms with van der Waals surface area (Å²) in [6, 6.07) is 0. The summed E-state index contributed by atoms with van der Waals surface area (Å²) in [5.41, 5.74) is 0.147. The van der Waals surface area contributed by atoms with Crippen LogP contribution in [0, 0.1) is 23.2 Å². The summed E-state index contributed by atoms with van der Waals surface area (Å²) in [5.74, 6) is 1.70. The van der Waals surface area contributed by atoms with Crippen LogP contribution in [0.1, 0.15) is 47.5 Å². The third kappa shape index (κ3) is 2.32. The van der Waals surface area contributed by atoms with E-state index in [1.54, 1.807) is 6.08 Å². The smallest absolute Gasteiger partial charge is 0.159 e. The van der Waals surface area contributed by atoms with Crippen LogP contribution < -0.4 is 0 Å². The van der Waals surface area contributed by atoms with Crippen molar-refractivity contribution in [3.05, 3.63) is 12.2 Å². The van der Waals surface area contributed by atoms with Crippen LogP contribution in [0.2, 0.25) is 0 Å². The van der Waals surface area contributed by atoms with Crippen molar-refractivity contribution in [2.45, 2.75) is 47.5 Å². The monoisotopic (exact) mass is 208 g/mol. The molecule has 1 aliphatic rings. The molecule has 1 fully saturated rings. The maximum atomic E-state index is 12.1. The molecule has 0 heterocycles. The van der Waals surface area contributed by atoms with Gasteiger partial charge in [0, 0.05) is 5.92 Å². The molecule has 86 valence electrons. The van der Waals surface area contributed by atoms with Crippen LogP contribution >= 0.6 is 0 Å². The van der Waals surface area contributed by atoms with Gasteiger partial charge in [0.25, 0.3) is 0 Å². The minimum Gasteiger partial charge on any atom is -0.295 e. The number of rotatable bonds is 2. The standard InChI is InChI=1S/C14H24O/c1-6-7-12(15)13-10(2)8-9-11(3)14(13,4)5/h6-7,10-11,13H,8-9H2,1-5H3/t10-,11-,13?/m1/s1. The van der Waals surface area contributed by atoms with Crippen LogP contribution in [-0.2, 0) is 4.79 Å². The summed E-state index contributed by atoms with van der Waals surface area (Å²) in [7, 11) is 0. The van der Waals surface area contributed by atoms with Crippen LogP contribution in [-0.4, -0.2) is 5.78 Å². The number of allylic oxidation sites excluding steroid dienone is 2. The Hall–Kier alpha value is -0.590. The normalized spacial score (nSPS) is 35.7. The van der Waals surface area contributed by atoms with E-state index in [0.29, 0.717) is 17.6 Å². The van der Waals surface area contributed by atoms with Crippen LogP contribution in [0.4, 0.5) is 0 Å². The lowest BCUT2D eigenvalue weighted by Crippen LogP contribution is -2.43. The van der Waals surface area contributed by atoms with E-state index >= 15 is 0 Å². The zero-order valence-electron chi connectivity index (χ0n) is 10.7. The predicted molar refractivity (Wildman–Crippen MR) is 64.7 cm³/mol. The second kappa shape index (κ2) is 4.51. The Labute approximate surface area is 93.9 Å². The Balaban J connectivity index is 2.95. The molecule has 0 aliphatic heterocycles. The number of carbonyl (C=O) groups is 1. The maximum absolute atomic E-state index is 12.1. The summed E-state index contributed by atoms with van der Waals surface area (Å²) in [5, 5.41) is 0. The molecule has 1 aliphatic carbocycles. The first-order valence-corrected chi connectivity index (χ1v) is 6.07. The van der Waals surface area contributed by atoms with Crippen molar-refractivity contribution in [3.8, 4) is 0 Å². The summed E-state index contributed by atoms with van der Waals surface area (Å²) in [4.78, 5) is 12.1. The molecule has 15 heavy (non-hydrogen) atoms. The van der Waals surface area contributed by atoms with Crippen molar-refractivity contribution in [3.63, 3.8) is 0 Å². The molecule has 0 aromatic carbocycles. The first-order chi connectivity index (χ1) is 6.91. The molecule has 1 nitrogen and oxygen atoms in total. The molecule has 0 N–H and O–H groups in total. The summed E-state index contributed by atoms with van der Waals surface area (Å²) >= 11 is 0. The highest BCUT2D eigenvalue weighted by atomic mass is 16.1. The summed E-state index contributed by atoms with van der Waals surface area (Å²) in [6.07, 6.45) is 6.07. The van der Waals surface area contributed by atoms with E-state index in [1.165, 1.54) is 12.8 Å². The van der Waals surface area contributed by atoms with Crippen molar-refractivity contribution in [1.29, 1.82) is 0 Å². The van der Waals surface area contributed by atoms with Crippen molar-refractivity contribution < 1.29 is 4.79 Å². The molecule has 1 rings (SSSR count). The second-order valence-corrected chi connectivity index (χ2v) is 5.66. The minimum atomic E-state index is 0.147. The number of hydrogen-bond donors (Lipinski definition) is 0. The predicted octanol–water partition coefficient (Wildman–Crippen LogP) is 3.84. The molecule has 3 atom stereocenters. The third-order valence-electron chi connectivity index (χ3n) is 4.33. The Morgan fingerprint density at radius 2 is 1.87 bits per heavy atom. The lowest BCUT2D eigenvalue weighted by molar-refractivity contribution is -0.127. The highest BCUT2D eigenvalue weighted by molar-refractivity contribution is 5.92. The van der Waals surface area contributed by atoms with Gasteiger partial charge in [-0.1, -0.05) is 33.8 Å². The Kier molecular flexibility index (Phi) is 3.75. The van der Waals surface area contributed by atoms with Gasteiger partial charge in [0.1, 0.15) is 0 Å². The zero-order valence-corrected chi connectivity index (χ0v) is 10.7. The van der Waals surface area contributed by atoms with Crippen LogP contribution in [0.3, 0.4) is 0 Å².